The summed E-state index contributed by atoms with van der Waals surface area (Å²) in [5.74, 6) is 1.38. The van der Waals surface area contributed by atoms with Crippen LogP contribution in [0.15, 0.2) is 48.5 Å². The van der Waals surface area contributed by atoms with Crippen LogP contribution in [0.3, 0.4) is 0 Å². The Hall–Kier alpha value is -2.82. The quantitative estimate of drug-likeness (QED) is 0.206. The summed E-state index contributed by atoms with van der Waals surface area (Å²) in [5, 5.41) is 0. The van der Waals surface area contributed by atoms with E-state index in [4.69, 9.17) is 14.2 Å². The van der Waals surface area contributed by atoms with Gasteiger partial charge in [-0.25, -0.2) is 0 Å². The number of hydrogen-bond acceptors (Lipinski definition) is 5. The topological polar surface area (TPSA) is 61.8 Å². The van der Waals surface area contributed by atoms with Crippen LogP contribution in [0.5, 0.6) is 17.2 Å². The van der Waals surface area contributed by atoms with E-state index >= 15 is 0 Å². The molecule has 0 aliphatic heterocycles. The Morgan fingerprint density at radius 1 is 0.778 bits per heavy atom. The van der Waals surface area contributed by atoms with Crippen molar-refractivity contribution in [2.45, 2.75) is 99.0 Å². The van der Waals surface area contributed by atoms with Crippen LogP contribution in [0.25, 0.3) is 0 Å². The highest BCUT2D eigenvalue weighted by Gasteiger charge is 2.39. The van der Waals surface area contributed by atoms with Gasteiger partial charge in [-0.05, 0) is 93.8 Å². The minimum atomic E-state index is -0.804. The number of ether oxygens (including phenoxy) is 3. The number of hydrogen-bond donors (Lipinski definition) is 0. The van der Waals surface area contributed by atoms with Gasteiger partial charge in [0.25, 0.3) is 0 Å². The molecule has 198 valence electrons. The second-order valence-electron chi connectivity index (χ2n) is 10.5. The average Bonchev–Trinajstić information content (AvgIpc) is 2.88. The molecule has 0 spiro atoms. The Bertz CT molecular complexity index is 973. The molecule has 2 rings (SSSR count). The van der Waals surface area contributed by atoms with Crippen LogP contribution in [-0.2, 0) is 14.3 Å². The number of rotatable bonds is 13. The monoisotopic (exact) mass is 496 g/mol. The minimum Gasteiger partial charge on any atom is -0.459 e. The van der Waals surface area contributed by atoms with Crippen LogP contribution < -0.4 is 9.47 Å². The van der Waals surface area contributed by atoms with Crippen LogP contribution in [0, 0.1) is 11.3 Å². The fourth-order valence-electron chi connectivity index (χ4n) is 3.89. The van der Waals surface area contributed by atoms with Gasteiger partial charge in [0.15, 0.2) is 0 Å². The predicted molar refractivity (Wildman–Crippen MR) is 145 cm³/mol. The predicted octanol–water partition coefficient (Wildman–Crippen LogP) is 8.46. The van der Waals surface area contributed by atoms with E-state index in [1.54, 1.807) is 24.3 Å². The Balaban J connectivity index is 2.04. The van der Waals surface area contributed by atoms with Crippen LogP contribution >= 0.6 is 0 Å². The van der Waals surface area contributed by atoms with E-state index in [0.29, 0.717) is 36.7 Å². The largest absolute Gasteiger partial charge is 0.459 e. The molecule has 0 saturated heterocycles. The first-order valence-electron chi connectivity index (χ1n) is 13.3. The summed E-state index contributed by atoms with van der Waals surface area (Å²) in [6, 6.07) is 15.0. The second kappa shape index (κ2) is 12.9. The lowest BCUT2D eigenvalue weighted by Crippen LogP contribution is -2.38. The van der Waals surface area contributed by atoms with Crippen molar-refractivity contribution in [2.75, 3.05) is 0 Å². The normalized spacial score (nSPS) is 14.1. The third kappa shape index (κ3) is 7.84. The third-order valence-corrected chi connectivity index (χ3v) is 7.46. The van der Waals surface area contributed by atoms with Crippen molar-refractivity contribution in [3.63, 3.8) is 0 Å². The summed E-state index contributed by atoms with van der Waals surface area (Å²) < 4.78 is 17.5. The lowest BCUT2D eigenvalue weighted by Gasteiger charge is -2.32. The maximum absolute atomic E-state index is 13.2. The molecular formula is C31H44O5. The molecule has 2 aromatic carbocycles. The first kappa shape index (κ1) is 29.4. The van der Waals surface area contributed by atoms with Gasteiger partial charge in [0.2, 0.25) is 0 Å². The molecule has 0 aromatic heterocycles. The first-order valence-corrected chi connectivity index (χ1v) is 13.3. The number of carbonyl (C=O) groups excluding carboxylic acids is 2. The molecule has 0 saturated carbocycles. The zero-order valence-corrected chi connectivity index (χ0v) is 23.4. The molecule has 0 fully saturated rings. The van der Waals surface area contributed by atoms with Crippen molar-refractivity contribution >= 4 is 11.9 Å². The van der Waals surface area contributed by atoms with Gasteiger partial charge in [0, 0.05) is 0 Å². The molecule has 5 heteroatoms. The molecular weight excluding hydrogens is 452 g/mol. The van der Waals surface area contributed by atoms with E-state index in [1.165, 1.54) is 5.56 Å². The Labute approximate surface area is 217 Å². The van der Waals surface area contributed by atoms with Crippen molar-refractivity contribution in [3.05, 3.63) is 54.1 Å². The Kier molecular flexibility index (Phi) is 10.6. The number of esters is 2. The molecule has 0 bridgehead atoms. The van der Waals surface area contributed by atoms with Crippen molar-refractivity contribution < 1.29 is 23.8 Å². The first-order chi connectivity index (χ1) is 17.0. The second-order valence-corrected chi connectivity index (χ2v) is 10.5. The zero-order valence-electron chi connectivity index (χ0n) is 23.4. The highest BCUT2D eigenvalue weighted by Crippen LogP contribution is 2.35. The third-order valence-electron chi connectivity index (χ3n) is 7.46. The summed E-state index contributed by atoms with van der Waals surface area (Å²) in [5.41, 5.74) is -0.0256. The summed E-state index contributed by atoms with van der Waals surface area (Å²) in [4.78, 5) is 26.1. The standard InChI is InChI=1S/C31H44O5/c1-9-23(28(32)36-31(8,11-3)12-4)21-30(7,10-2)29(33)35-27-19-17-26(18-20-27)34-25-15-13-24(14-16-25)22(5)6/h13-20,22-23H,9-12,21H2,1-8H3. The maximum Gasteiger partial charge on any atom is 0.317 e. The minimum absolute atomic E-state index is 0.237. The number of carbonyl (C=O) groups is 2. The molecule has 0 radical (unpaired) electrons. The van der Waals surface area contributed by atoms with Gasteiger partial charge in [-0.3, -0.25) is 9.59 Å². The van der Waals surface area contributed by atoms with Gasteiger partial charge in [-0.2, -0.15) is 0 Å². The Morgan fingerprint density at radius 2 is 1.28 bits per heavy atom. The molecule has 2 atom stereocenters. The molecule has 36 heavy (non-hydrogen) atoms. The van der Waals surface area contributed by atoms with Gasteiger partial charge in [0.1, 0.15) is 22.8 Å². The van der Waals surface area contributed by atoms with Gasteiger partial charge in [-0.15, -0.1) is 0 Å². The maximum atomic E-state index is 13.2. The van der Waals surface area contributed by atoms with Crippen LogP contribution in [0.4, 0.5) is 0 Å². The molecule has 2 unspecified atom stereocenters. The van der Waals surface area contributed by atoms with Crippen molar-refractivity contribution in [2.24, 2.45) is 11.3 Å². The van der Waals surface area contributed by atoms with Gasteiger partial charge in [0.05, 0.1) is 11.3 Å². The molecule has 0 amide bonds. The van der Waals surface area contributed by atoms with E-state index in [1.807, 2.05) is 53.7 Å². The SMILES string of the molecule is CCC(CC(C)(CC)C(=O)Oc1ccc(Oc2ccc(C(C)C)cc2)cc1)C(=O)OC(C)(CC)CC. The van der Waals surface area contributed by atoms with Gasteiger partial charge in [-0.1, -0.05) is 53.7 Å². The highest BCUT2D eigenvalue weighted by molar-refractivity contribution is 5.80. The van der Waals surface area contributed by atoms with E-state index in [2.05, 4.69) is 26.0 Å². The lowest BCUT2D eigenvalue weighted by molar-refractivity contribution is -0.166. The van der Waals surface area contributed by atoms with Crippen LogP contribution in [-0.4, -0.2) is 17.5 Å². The molecule has 0 N–H and O–H groups in total. The summed E-state index contributed by atoms with van der Waals surface area (Å²) in [6.45, 7) is 16.1. The van der Waals surface area contributed by atoms with Crippen molar-refractivity contribution in [1.82, 2.24) is 0 Å². The highest BCUT2D eigenvalue weighted by atomic mass is 16.6. The van der Waals surface area contributed by atoms with Crippen LogP contribution in [0.1, 0.15) is 99.0 Å². The Morgan fingerprint density at radius 3 is 1.72 bits per heavy atom. The zero-order chi connectivity index (χ0) is 26.9. The molecule has 5 nitrogen and oxygen atoms in total. The molecule has 0 aliphatic rings. The molecule has 0 heterocycles. The van der Waals surface area contributed by atoms with Gasteiger partial charge < -0.3 is 14.2 Å². The average molecular weight is 497 g/mol. The fraction of sp³-hybridized carbons (Fsp3) is 0.548. The van der Waals surface area contributed by atoms with Crippen molar-refractivity contribution in [3.8, 4) is 17.2 Å². The summed E-state index contributed by atoms with van der Waals surface area (Å²) >= 11 is 0. The van der Waals surface area contributed by atoms with E-state index < -0.39 is 11.0 Å². The van der Waals surface area contributed by atoms with Crippen LogP contribution in [0.2, 0.25) is 0 Å². The fourth-order valence-corrected chi connectivity index (χ4v) is 3.89. The van der Waals surface area contributed by atoms with E-state index in [-0.39, 0.29) is 17.9 Å². The van der Waals surface area contributed by atoms with E-state index in [9.17, 15) is 9.59 Å². The van der Waals surface area contributed by atoms with Gasteiger partial charge >= 0.3 is 11.9 Å². The molecule has 2 aromatic rings. The summed E-state index contributed by atoms with van der Waals surface area (Å²) in [6.07, 6.45) is 3.05. The summed E-state index contributed by atoms with van der Waals surface area (Å²) in [7, 11) is 0. The van der Waals surface area contributed by atoms with E-state index in [0.717, 1.165) is 18.6 Å². The molecule has 0 aliphatic carbocycles. The van der Waals surface area contributed by atoms with Crippen molar-refractivity contribution in [1.29, 1.82) is 0 Å². The number of benzene rings is 2. The lowest BCUT2D eigenvalue weighted by atomic mass is 9.78. The smallest absolute Gasteiger partial charge is 0.317 e.